The Morgan fingerprint density at radius 3 is 1.38 bits per heavy atom. The van der Waals surface area contributed by atoms with Crippen LogP contribution in [0.5, 0.6) is 0 Å². The van der Waals surface area contributed by atoms with Gasteiger partial charge in [-0.1, -0.05) is 0 Å². The molecule has 0 aliphatic heterocycles. The zero-order valence-electron chi connectivity index (χ0n) is 5.26. The van der Waals surface area contributed by atoms with Crippen LogP contribution in [-0.4, -0.2) is 13.1 Å². The van der Waals surface area contributed by atoms with Gasteiger partial charge in [0.25, 0.3) is 0 Å². The first-order valence-electron chi connectivity index (χ1n) is 1.63. The van der Waals surface area contributed by atoms with E-state index in [1.807, 2.05) is 0 Å². The fourth-order valence-electron chi connectivity index (χ4n) is 0.112. The van der Waals surface area contributed by atoms with E-state index < -0.39 is 0 Å². The fourth-order valence-corrected chi connectivity index (χ4v) is 0.112. The first-order valence-corrected chi connectivity index (χ1v) is 1.63. The number of hydrogen-bond donors (Lipinski definition) is 0. The summed E-state index contributed by atoms with van der Waals surface area (Å²) in [5, 5.41) is 3.75. The number of rotatable bonds is 2. The molecule has 0 aromatic rings. The second kappa shape index (κ2) is 23.3. The Balaban J connectivity index is -0.0000000267. The molecule has 0 rings (SSSR count). The molecule has 0 aliphatic carbocycles. The summed E-state index contributed by atoms with van der Waals surface area (Å²) in [4.78, 5) is 0. The Morgan fingerprint density at radius 2 is 1.38 bits per heavy atom. The van der Waals surface area contributed by atoms with Gasteiger partial charge in [0.2, 0.25) is 0 Å². The molecule has 0 saturated carbocycles. The summed E-state index contributed by atoms with van der Waals surface area (Å²) in [7, 11) is 0. The molecule has 0 saturated heterocycles. The van der Waals surface area contributed by atoms with Gasteiger partial charge in [-0.3, -0.25) is 13.1 Å². The quantitative estimate of drug-likeness (QED) is 0.665. The van der Waals surface area contributed by atoms with E-state index in [9.17, 15) is 0 Å². The molecule has 0 heterocycles. The van der Waals surface area contributed by atoms with Gasteiger partial charge in [-0.15, -0.1) is 0 Å². The van der Waals surface area contributed by atoms with Crippen LogP contribution in [0.4, 0.5) is 0 Å². The van der Waals surface area contributed by atoms with Crippen molar-refractivity contribution in [2.75, 3.05) is 13.1 Å². The molecule has 0 fully saturated rings. The normalized spacial score (nSPS) is 5.25. The topological polar surface area (TPSA) is 14.1 Å². The van der Waals surface area contributed by atoms with Crippen molar-refractivity contribution >= 4 is 0 Å². The van der Waals surface area contributed by atoms with Gasteiger partial charge in [-0.25, -0.2) is 0 Å². The van der Waals surface area contributed by atoms with Crippen molar-refractivity contribution in [1.29, 1.82) is 0 Å². The van der Waals surface area contributed by atoms with E-state index in [1.165, 1.54) is 0 Å². The first kappa shape index (κ1) is 22.6. The van der Waals surface area contributed by atoms with E-state index in [4.69, 9.17) is 0 Å². The van der Waals surface area contributed by atoms with Crippen LogP contribution in [0, 0.1) is 21.3 Å². The van der Waals surface area contributed by atoms with Gasteiger partial charge in [0.05, 0.1) is 0 Å². The summed E-state index contributed by atoms with van der Waals surface area (Å²) in [6.45, 7) is 8.25. The SMILES string of the molecule is [CH2-]C[N-]C[CH2-].[CH3-].[W+2].[Y]. The zero-order valence-corrected chi connectivity index (χ0v) is 11.0. The van der Waals surface area contributed by atoms with Crippen LogP contribution < -0.4 is 0 Å². The van der Waals surface area contributed by atoms with Crippen molar-refractivity contribution in [1.82, 2.24) is 0 Å². The summed E-state index contributed by atoms with van der Waals surface area (Å²) in [6.07, 6.45) is 0. The Kier molecular flexibility index (Phi) is 65.7. The molecule has 0 N–H and O–H groups in total. The van der Waals surface area contributed by atoms with Crippen LogP contribution in [0.1, 0.15) is 0 Å². The molecule has 0 amide bonds. The van der Waals surface area contributed by atoms with E-state index in [0.29, 0.717) is 13.1 Å². The average molecular weight is 358 g/mol. The maximum atomic E-state index is 3.75. The largest absolute Gasteiger partial charge is 2.00 e. The molecule has 0 atom stereocenters. The maximum absolute atomic E-state index is 3.75. The Morgan fingerprint density at radius 1 is 1.12 bits per heavy atom. The van der Waals surface area contributed by atoms with E-state index in [2.05, 4.69) is 19.2 Å². The van der Waals surface area contributed by atoms with Gasteiger partial charge in [0, 0.05) is 32.7 Å². The van der Waals surface area contributed by atoms with Crippen LogP contribution in [0.3, 0.4) is 0 Å². The minimum atomic E-state index is 0. The van der Waals surface area contributed by atoms with Gasteiger partial charge in [-0.2, -0.15) is 0 Å². The van der Waals surface area contributed by atoms with E-state index in [-0.39, 0.29) is 61.2 Å². The third-order valence-corrected chi connectivity index (χ3v) is 0.316. The molecule has 1 nitrogen and oxygen atoms in total. The summed E-state index contributed by atoms with van der Waals surface area (Å²) in [5.41, 5.74) is 0. The molecular formula is C5H11NWY-2. The predicted octanol–water partition coefficient (Wildman–Crippen LogP) is 1.47. The molecule has 47 valence electrons. The van der Waals surface area contributed by atoms with Crippen molar-refractivity contribution < 1.29 is 53.8 Å². The monoisotopic (exact) mass is 358 g/mol. The average Bonchev–Trinajstić information content (AvgIpc) is 1.41. The molecule has 0 unspecified atom stereocenters. The van der Waals surface area contributed by atoms with Crippen LogP contribution in [-0.2, 0) is 53.8 Å². The summed E-state index contributed by atoms with van der Waals surface area (Å²) in [5.74, 6) is 0. The van der Waals surface area contributed by atoms with Crippen molar-refractivity contribution in [3.63, 3.8) is 0 Å². The minimum absolute atomic E-state index is 0. The summed E-state index contributed by atoms with van der Waals surface area (Å²) >= 11 is 0. The van der Waals surface area contributed by atoms with E-state index >= 15 is 0 Å². The molecule has 0 aromatic heterocycles. The standard InChI is InChI=1S/C4H8N.CH3.W.Y/c1-3-5-4-2;;;/h1-4H2;1H3;;/q-3;-1;+2;. The van der Waals surface area contributed by atoms with Crippen LogP contribution in [0.15, 0.2) is 0 Å². The Hall–Kier alpha value is 1.75. The molecule has 0 aromatic carbocycles. The molecule has 3 heteroatoms. The molecule has 8 heavy (non-hydrogen) atoms. The van der Waals surface area contributed by atoms with Gasteiger partial charge in [-0.05, 0) is 0 Å². The van der Waals surface area contributed by atoms with Crippen LogP contribution in [0.2, 0.25) is 0 Å². The Labute approximate surface area is 92.5 Å². The van der Waals surface area contributed by atoms with Crippen molar-refractivity contribution in [2.24, 2.45) is 0 Å². The second-order valence-electron chi connectivity index (χ2n) is 0.671. The first-order chi connectivity index (χ1) is 2.41. The van der Waals surface area contributed by atoms with E-state index in [1.54, 1.807) is 0 Å². The minimum Gasteiger partial charge on any atom is -0.715 e. The summed E-state index contributed by atoms with van der Waals surface area (Å²) < 4.78 is 0. The molecule has 0 bridgehead atoms. The van der Waals surface area contributed by atoms with Crippen LogP contribution >= 0.6 is 0 Å². The molecule has 0 spiro atoms. The zero-order chi connectivity index (χ0) is 4.12. The summed E-state index contributed by atoms with van der Waals surface area (Å²) in [6, 6.07) is 0. The number of nitrogens with zero attached hydrogens (tertiary/aromatic N) is 1. The van der Waals surface area contributed by atoms with Gasteiger partial charge < -0.3 is 26.6 Å². The van der Waals surface area contributed by atoms with E-state index in [0.717, 1.165) is 0 Å². The second-order valence-corrected chi connectivity index (χ2v) is 0.671. The van der Waals surface area contributed by atoms with Crippen LogP contribution in [0.25, 0.3) is 5.32 Å². The predicted molar refractivity (Wildman–Crippen MR) is 30.2 cm³/mol. The van der Waals surface area contributed by atoms with Crippen molar-refractivity contribution in [3.8, 4) is 0 Å². The van der Waals surface area contributed by atoms with Crippen molar-refractivity contribution in [2.45, 2.75) is 0 Å². The molecular weight excluding hydrogens is 347 g/mol. The molecule has 1 radical (unpaired) electrons. The third-order valence-electron chi connectivity index (χ3n) is 0.316. The van der Waals surface area contributed by atoms with Gasteiger partial charge in [0.1, 0.15) is 0 Å². The van der Waals surface area contributed by atoms with Gasteiger partial charge in [0.15, 0.2) is 0 Å². The smallest absolute Gasteiger partial charge is 0.715 e. The van der Waals surface area contributed by atoms with Gasteiger partial charge >= 0.3 is 21.1 Å². The fraction of sp³-hybridized carbons (Fsp3) is 0.400. The third kappa shape index (κ3) is 25.1. The Bertz CT molecular complexity index is 19.9. The number of hydrogen-bond acceptors (Lipinski definition) is 0. The van der Waals surface area contributed by atoms with Crippen molar-refractivity contribution in [3.05, 3.63) is 26.6 Å². The maximum Gasteiger partial charge on any atom is 2.00 e. The molecule has 0 aliphatic rings.